The number of hydrogen-bond donors (Lipinski definition) is 0. The van der Waals surface area contributed by atoms with Crippen LogP contribution in [0.3, 0.4) is 0 Å². The molecule has 0 unspecified atom stereocenters. The predicted molar refractivity (Wildman–Crippen MR) is 95.6 cm³/mol. The van der Waals surface area contributed by atoms with Crippen LogP contribution in [0.25, 0.3) is 0 Å². The van der Waals surface area contributed by atoms with Gasteiger partial charge in [-0.3, -0.25) is 19.2 Å². The van der Waals surface area contributed by atoms with E-state index >= 15 is 0 Å². The predicted octanol–water partition coefficient (Wildman–Crippen LogP) is 2.66. The molecule has 0 radical (unpaired) electrons. The number of anilines is 1. The molecule has 2 aromatic carbocycles. The molecule has 0 aromatic heterocycles. The third-order valence-electron chi connectivity index (χ3n) is 3.99. The zero-order valence-corrected chi connectivity index (χ0v) is 14.9. The molecule has 0 atom stereocenters. The van der Waals surface area contributed by atoms with E-state index in [9.17, 15) is 19.2 Å². The van der Waals surface area contributed by atoms with Crippen molar-refractivity contribution >= 4 is 29.4 Å². The average Bonchev–Trinajstić information content (AvgIpc) is 2.61. The smallest absolute Gasteiger partial charge is 0.308 e. The van der Waals surface area contributed by atoms with Crippen LogP contribution in [0.2, 0.25) is 0 Å². The lowest BCUT2D eigenvalue weighted by Crippen LogP contribution is -2.40. The maximum Gasteiger partial charge on any atom is 0.308 e. The van der Waals surface area contributed by atoms with E-state index in [-0.39, 0.29) is 29.4 Å². The molecule has 0 fully saturated rings. The van der Waals surface area contributed by atoms with Crippen LogP contribution in [0.4, 0.5) is 5.69 Å². The second-order valence-corrected chi connectivity index (χ2v) is 6.01. The fraction of sp³-hybridized carbons (Fsp3) is 0.200. The van der Waals surface area contributed by atoms with Gasteiger partial charge in [-0.15, -0.1) is 0 Å². The summed E-state index contributed by atoms with van der Waals surface area (Å²) in [5.74, 6) is -2.14. The maximum absolute atomic E-state index is 13.0. The molecule has 1 aliphatic rings. The van der Waals surface area contributed by atoms with Gasteiger partial charge in [-0.05, 0) is 36.2 Å². The quantitative estimate of drug-likeness (QED) is 0.471. The first-order valence-corrected chi connectivity index (χ1v) is 8.33. The highest BCUT2D eigenvalue weighted by Gasteiger charge is 2.30. The van der Waals surface area contributed by atoms with Gasteiger partial charge in [-0.1, -0.05) is 18.2 Å². The van der Waals surface area contributed by atoms with Crippen LogP contribution in [0.15, 0.2) is 42.5 Å². The van der Waals surface area contributed by atoms with Crippen molar-refractivity contribution in [3.63, 3.8) is 0 Å². The number of fused-ring (bicyclic) bond motifs is 1. The number of esters is 2. The van der Waals surface area contributed by atoms with Crippen molar-refractivity contribution < 1.29 is 28.7 Å². The molecule has 7 nitrogen and oxygen atoms in total. The Morgan fingerprint density at radius 1 is 0.889 bits per heavy atom. The Morgan fingerprint density at radius 3 is 2.26 bits per heavy atom. The molecule has 0 N–H and O–H groups in total. The van der Waals surface area contributed by atoms with Gasteiger partial charge in [0, 0.05) is 25.8 Å². The SMILES string of the molecule is CC(=O)Oc1ccc(C(=O)N2C(=O)CCc3ccccc32)cc1OC(C)=O. The first-order chi connectivity index (χ1) is 12.9. The van der Waals surface area contributed by atoms with Gasteiger partial charge in [0.25, 0.3) is 5.91 Å². The fourth-order valence-corrected chi connectivity index (χ4v) is 2.89. The van der Waals surface area contributed by atoms with Crippen LogP contribution < -0.4 is 14.4 Å². The minimum Gasteiger partial charge on any atom is -0.423 e. The van der Waals surface area contributed by atoms with E-state index in [1.165, 1.54) is 32.0 Å². The molecule has 7 heteroatoms. The number of imide groups is 1. The minimum absolute atomic E-state index is 0.0135. The largest absolute Gasteiger partial charge is 0.423 e. The van der Waals surface area contributed by atoms with Crippen molar-refractivity contribution in [2.24, 2.45) is 0 Å². The van der Waals surface area contributed by atoms with E-state index in [0.717, 1.165) is 10.5 Å². The number of rotatable bonds is 3. The summed E-state index contributed by atoms with van der Waals surface area (Å²) in [6.45, 7) is 2.40. The van der Waals surface area contributed by atoms with Gasteiger partial charge in [0.05, 0.1) is 5.69 Å². The van der Waals surface area contributed by atoms with Gasteiger partial charge in [0.2, 0.25) is 5.91 Å². The molecule has 2 amide bonds. The van der Waals surface area contributed by atoms with E-state index in [0.29, 0.717) is 12.1 Å². The van der Waals surface area contributed by atoms with Gasteiger partial charge in [-0.25, -0.2) is 4.90 Å². The molecule has 0 bridgehead atoms. The van der Waals surface area contributed by atoms with Gasteiger partial charge < -0.3 is 9.47 Å². The molecule has 138 valence electrons. The van der Waals surface area contributed by atoms with Crippen molar-refractivity contribution in [2.45, 2.75) is 26.7 Å². The zero-order chi connectivity index (χ0) is 19.6. The first kappa shape index (κ1) is 18.3. The summed E-state index contributed by atoms with van der Waals surface area (Å²) in [5.41, 5.74) is 1.58. The summed E-state index contributed by atoms with van der Waals surface area (Å²) in [5, 5.41) is 0. The van der Waals surface area contributed by atoms with Crippen LogP contribution >= 0.6 is 0 Å². The van der Waals surface area contributed by atoms with Crippen LogP contribution in [0.5, 0.6) is 11.5 Å². The number of hydrogen-bond acceptors (Lipinski definition) is 6. The summed E-state index contributed by atoms with van der Waals surface area (Å²) in [4.78, 5) is 49.1. The molecule has 1 aliphatic heterocycles. The van der Waals surface area contributed by atoms with Crippen molar-refractivity contribution in [1.82, 2.24) is 0 Å². The summed E-state index contributed by atoms with van der Waals surface area (Å²) in [6.07, 6.45) is 0.800. The lowest BCUT2D eigenvalue weighted by atomic mass is 10.00. The lowest BCUT2D eigenvalue weighted by molar-refractivity contribution is -0.134. The highest BCUT2D eigenvalue weighted by molar-refractivity contribution is 6.22. The second-order valence-electron chi connectivity index (χ2n) is 6.01. The Hall–Kier alpha value is -3.48. The Labute approximate surface area is 155 Å². The van der Waals surface area contributed by atoms with Crippen molar-refractivity contribution in [3.05, 3.63) is 53.6 Å². The maximum atomic E-state index is 13.0. The average molecular weight is 367 g/mol. The normalized spacial score (nSPS) is 13.0. The monoisotopic (exact) mass is 367 g/mol. The molecule has 3 rings (SSSR count). The molecule has 2 aromatic rings. The summed E-state index contributed by atoms with van der Waals surface area (Å²) < 4.78 is 10.0. The molecular formula is C20H17NO6. The molecule has 27 heavy (non-hydrogen) atoms. The Kier molecular flexibility index (Phi) is 5.03. The summed E-state index contributed by atoms with van der Waals surface area (Å²) in [7, 11) is 0. The molecule has 1 heterocycles. The van der Waals surface area contributed by atoms with Crippen LogP contribution in [-0.2, 0) is 20.8 Å². The number of ether oxygens (including phenoxy) is 2. The molecule has 0 saturated heterocycles. The number of amides is 2. The second kappa shape index (κ2) is 7.41. The Balaban J connectivity index is 2.00. The number of aryl methyl sites for hydroxylation is 1. The lowest BCUT2D eigenvalue weighted by Gasteiger charge is -2.27. The highest BCUT2D eigenvalue weighted by Crippen LogP contribution is 2.32. The highest BCUT2D eigenvalue weighted by atomic mass is 16.6. The van der Waals surface area contributed by atoms with Crippen LogP contribution in [0.1, 0.15) is 36.2 Å². The van der Waals surface area contributed by atoms with E-state index in [1.807, 2.05) is 12.1 Å². The van der Waals surface area contributed by atoms with E-state index in [4.69, 9.17) is 9.47 Å². The van der Waals surface area contributed by atoms with Gasteiger partial charge in [0.1, 0.15) is 0 Å². The third-order valence-corrected chi connectivity index (χ3v) is 3.99. The van der Waals surface area contributed by atoms with Crippen molar-refractivity contribution in [2.75, 3.05) is 4.90 Å². The fourth-order valence-electron chi connectivity index (χ4n) is 2.89. The molecular weight excluding hydrogens is 350 g/mol. The number of carbonyl (C=O) groups excluding carboxylic acids is 4. The molecule has 0 aliphatic carbocycles. The minimum atomic E-state index is -0.632. The van der Waals surface area contributed by atoms with E-state index < -0.39 is 17.8 Å². The molecule has 0 saturated carbocycles. The number of nitrogens with zero attached hydrogens (tertiary/aromatic N) is 1. The third kappa shape index (κ3) is 3.87. The Bertz CT molecular complexity index is 949. The van der Waals surface area contributed by atoms with Crippen molar-refractivity contribution in [1.29, 1.82) is 0 Å². The summed E-state index contributed by atoms with van der Waals surface area (Å²) in [6, 6.07) is 11.2. The number of benzene rings is 2. The van der Waals surface area contributed by atoms with Gasteiger partial charge >= 0.3 is 11.9 Å². The number of carbonyl (C=O) groups is 4. The zero-order valence-electron chi connectivity index (χ0n) is 14.9. The topological polar surface area (TPSA) is 90.0 Å². The van der Waals surface area contributed by atoms with Crippen molar-refractivity contribution in [3.8, 4) is 11.5 Å². The van der Waals surface area contributed by atoms with Gasteiger partial charge in [0.15, 0.2) is 11.5 Å². The Morgan fingerprint density at radius 2 is 1.56 bits per heavy atom. The molecule has 0 spiro atoms. The van der Waals surface area contributed by atoms with Crippen LogP contribution in [0, 0.1) is 0 Å². The van der Waals surface area contributed by atoms with E-state index in [2.05, 4.69) is 0 Å². The van der Waals surface area contributed by atoms with E-state index in [1.54, 1.807) is 12.1 Å². The summed E-state index contributed by atoms with van der Waals surface area (Å²) >= 11 is 0. The van der Waals surface area contributed by atoms with Crippen LogP contribution in [-0.4, -0.2) is 23.8 Å². The first-order valence-electron chi connectivity index (χ1n) is 8.33. The number of para-hydroxylation sites is 1. The van der Waals surface area contributed by atoms with Gasteiger partial charge in [-0.2, -0.15) is 0 Å². The standard InChI is InChI=1S/C20H17NO6/c1-12(22)26-17-9-7-15(11-18(17)27-13(2)23)20(25)21-16-6-4-3-5-14(16)8-10-19(21)24/h3-7,9,11H,8,10H2,1-2H3.